The van der Waals surface area contributed by atoms with Crippen LogP contribution >= 0.6 is 0 Å². The van der Waals surface area contributed by atoms with Gasteiger partial charge in [-0.25, -0.2) is 8.42 Å². The summed E-state index contributed by atoms with van der Waals surface area (Å²) in [5, 5.41) is 0. The lowest BCUT2D eigenvalue weighted by Gasteiger charge is -2.36. The van der Waals surface area contributed by atoms with E-state index in [9.17, 15) is 18.0 Å². The fourth-order valence-electron chi connectivity index (χ4n) is 3.41. The minimum absolute atomic E-state index is 0.219. The molecule has 8 nitrogen and oxygen atoms in total. The van der Waals surface area contributed by atoms with Gasteiger partial charge in [0.2, 0.25) is 15.9 Å². The highest BCUT2D eigenvalue weighted by atomic mass is 32.2. The zero-order valence-corrected chi connectivity index (χ0v) is 17.6. The minimum Gasteiger partial charge on any atom is -0.497 e. The molecule has 1 aliphatic heterocycles. The summed E-state index contributed by atoms with van der Waals surface area (Å²) >= 11 is 0. The highest BCUT2D eigenvalue weighted by molar-refractivity contribution is 7.92. The van der Waals surface area contributed by atoms with Crippen molar-refractivity contribution < 1.29 is 27.5 Å². The van der Waals surface area contributed by atoms with Crippen LogP contribution in [0.3, 0.4) is 0 Å². The van der Waals surface area contributed by atoms with Gasteiger partial charge in [-0.1, -0.05) is 6.07 Å². The first kappa shape index (κ1) is 22.0. The molecule has 0 N–H and O–H groups in total. The molecular formula is C19H28N2O6S. The Labute approximate surface area is 166 Å². The highest BCUT2D eigenvalue weighted by Crippen LogP contribution is 2.27. The molecule has 156 valence electrons. The van der Waals surface area contributed by atoms with Gasteiger partial charge < -0.3 is 14.4 Å². The van der Waals surface area contributed by atoms with Crippen LogP contribution in [0, 0.1) is 5.92 Å². The number of likely N-dealkylation sites (tertiary alicyclic amines) is 1. The first-order valence-corrected chi connectivity index (χ1v) is 11.1. The quantitative estimate of drug-likeness (QED) is 0.632. The Morgan fingerprint density at radius 1 is 1.29 bits per heavy atom. The van der Waals surface area contributed by atoms with Gasteiger partial charge in [-0.3, -0.25) is 13.9 Å². The molecule has 0 bridgehead atoms. The lowest BCUT2D eigenvalue weighted by Crippen LogP contribution is -2.51. The van der Waals surface area contributed by atoms with E-state index in [1.54, 1.807) is 43.0 Å². The van der Waals surface area contributed by atoms with Gasteiger partial charge >= 0.3 is 5.97 Å². The SMILES string of the molecule is CCOC(=O)C1CCN(C(=O)[C@H](C)N(c2cccc(OC)c2)S(C)(=O)=O)CC1. The Balaban J connectivity index is 2.16. The number of piperidine rings is 1. The summed E-state index contributed by atoms with van der Waals surface area (Å²) in [5.74, 6) is -0.253. The first-order valence-electron chi connectivity index (χ1n) is 9.28. The number of nitrogens with zero attached hydrogens (tertiary/aromatic N) is 2. The van der Waals surface area contributed by atoms with E-state index >= 15 is 0 Å². The number of benzene rings is 1. The van der Waals surface area contributed by atoms with Gasteiger partial charge in [0.25, 0.3) is 0 Å². The lowest BCUT2D eigenvalue weighted by molar-refractivity contribution is -0.151. The molecule has 28 heavy (non-hydrogen) atoms. The van der Waals surface area contributed by atoms with E-state index in [0.717, 1.165) is 10.6 Å². The number of hydrogen-bond donors (Lipinski definition) is 0. The molecule has 9 heteroatoms. The highest BCUT2D eigenvalue weighted by Gasteiger charge is 2.35. The molecule has 0 aromatic heterocycles. The fourth-order valence-corrected chi connectivity index (χ4v) is 4.57. The van der Waals surface area contributed by atoms with Crippen molar-refractivity contribution in [2.45, 2.75) is 32.7 Å². The molecule has 0 saturated carbocycles. The van der Waals surface area contributed by atoms with Crippen LogP contribution in [0.5, 0.6) is 5.75 Å². The third-order valence-electron chi connectivity index (χ3n) is 4.80. The molecule has 1 aromatic carbocycles. The van der Waals surface area contributed by atoms with E-state index in [1.165, 1.54) is 7.11 Å². The molecule has 1 amide bonds. The van der Waals surface area contributed by atoms with Crippen molar-refractivity contribution in [1.29, 1.82) is 0 Å². The number of sulfonamides is 1. The minimum atomic E-state index is -3.70. The van der Waals surface area contributed by atoms with E-state index in [2.05, 4.69) is 0 Å². The maximum Gasteiger partial charge on any atom is 0.309 e. The van der Waals surface area contributed by atoms with Gasteiger partial charge in [-0.15, -0.1) is 0 Å². The first-order chi connectivity index (χ1) is 13.2. The summed E-state index contributed by atoms with van der Waals surface area (Å²) in [6.07, 6.45) is 2.09. The zero-order valence-electron chi connectivity index (χ0n) is 16.8. The number of anilines is 1. The van der Waals surface area contributed by atoms with Crippen LogP contribution in [-0.4, -0.2) is 64.3 Å². The zero-order chi connectivity index (χ0) is 20.9. The van der Waals surface area contributed by atoms with Crippen molar-refractivity contribution in [2.75, 3.05) is 37.4 Å². The van der Waals surface area contributed by atoms with Crippen LogP contribution in [0.1, 0.15) is 26.7 Å². The summed E-state index contributed by atoms with van der Waals surface area (Å²) < 4.78 is 36.2. The number of carbonyl (C=O) groups excluding carboxylic acids is 2. The number of rotatable bonds is 7. The molecule has 0 spiro atoms. The van der Waals surface area contributed by atoms with Crippen LogP contribution in [-0.2, 0) is 24.3 Å². The number of carbonyl (C=O) groups is 2. The van der Waals surface area contributed by atoms with Crippen molar-refractivity contribution in [3.05, 3.63) is 24.3 Å². The summed E-state index contributed by atoms with van der Waals surface area (Å²) in [5.41, 5.74) is 0.365. The van der Waals surface area contributed by atoms with E-state index in [1.807, 2.05) is 0 Å². The van der Waals surface area contributed by atoms with Crippen molar-refractivity contribution in [3.8, 4) is 5.75 Å². The predicted octanol–water partition coefficient (Wildman–Crippen LogP) is 1.65. The Morgan fingerprint density at radius 2 is 1.93 bits per heavy atom. The van der Waals surface area contributed by atoms with Gasteiger partial charge in [-0.05, 0) is 38.8 Å². The number of hydrogen-bond acceptors (Lipinski definition) is 6. The fraction of sp³-hybridized carbons (Fsp3) is 0.579. The van der Waals surface area contributed by atoms with Gasteiger partial charge in [0.1, 0.15) is 11.8 Å². The summed E-state index contributed by atoms with van der Waals surface area (Å²) in [7, 11) is -2.21. The molecule has 1 aromatic rings. The molecule has 0 aliphatic carbocycles. The van der Waals surface area contributed by atoms with Gasteiger partial charge in [0.05, 0.1) is 31.6 Å². The van der Waals surface area contributed by atoms with Crippen LogP contribution in [0.2, 0.25) is 0 Å². The summed E-state index contributed by atoms with van der Waals surface area (Å²) in [6.45, 7) is 4.44. The predicted molar refractivity (Wildman–Crippen MR) is 106 cm³/mol. The largest absolute Gasteiger partial charge is 0.497 e. The van der Waals surface area contributed by atoms with Crippen molar-refractivity contribution in [2.24, 2.45) is 5.92 Å². The van der Waals surface area contributed by atoms with Crippen molar-refractivity contribution in [1.82, 2.24) is 4.90 Å². The second kappa shape index (κ2) is 9.27. The average molecular weight is 413 g/mol. The smallest absolute Gasteiger partial charge is 0.309 e. The molecule has 1 aliphatic rings. The van der Waals surface area contributed by atoms with Crippen molar-refractivity contribution in [3.63, 3.8) is 0 Å². The third-order valence-corrected chi connectivity index (χ3v) is 6.04. The van der Waals surface area contributed by atoms with Gasteiger partial charge in [0.15, 0.2) is 0 Å². The van der Waals surface area contributed by atoms with E-state index in [0.29, 0.717) is 44.0 Å². The Hall–Kier alpha value is -2.29. The van der Waals surface area contributed by atoms with Gasteiger partial charge in [-0.2, -0.15) is 0 Å². The number of ether oxygens (including phenoxy) is 2. The lowest BCUT2D eigenvalue weighted by atomic mass is 9.96. The number of methoxy groups -OCH3 is 1. The summed E-state index contributed by atoms with van der Waals surface area (Å²) in [4.78, 5) is 26.5. The normalized spacial score (nSPS) is 16.4. The number of amides is 1. The molecule has 2 rings (SSSR count). The average Bonchev–Trinajstić information content (AvgIpc) is 2.67. The molecule has 1 fully saturated rings. The second-order valence-electron chi connectivity index (χ2n) is 6.79. The van der Waals surface area contributed by atoms with Crippen molar-refractivity contribution >= 4 is 27.6 Å². The molecular weight excluding hydrogens is 384 g/mol. The summed E-state index contributed by atoms with van der Waals surface area (Å²) in [6, 6.07) is 5.67. The molecule has 1 atom stereocenters. The van der Waals surface area contributed by atoms with Crippen LogP contribution in [0.4, 0.5) is 5.69 Å². The maximum atomic E-state index is 13.0. The molecule has 1 saturated heterocycles. The Bertz CT molecular complexity index is 802. The monoisotopic (exact) mass is 412 g/mol. The topological polar surface area (TPSA) is 93.2 Å². The van der Waals surface area contributed by atoms with E-state index in [-0.39, 0.29) is 17.8 Å². The Morgan fingerprint density at radius 3 is 2.46 bits per heavy atom. The van der Waals surface area contributed by atoms with Crippen LogP contribution in [0.25, 0.3) is 0 Å². The maximum absolute atomic E-state index is 13.0. The standard InChI is InChI=1S/C19H28N2O6S/c1-5-27-19(23)15-9-11-20(12-10-15)18(22)14(2)21(28(4,24)25)16-7-6-8-17(13-16)26-3/h6-8,13-15H,5,9-12H2,1-4H3/t14-/m0/s1. The van der Waals surface area contributed by atoms with E-state index in [4.69, 9.17) is 9.47 Å². The number of esters is 1. The van der Waals surface area contributed by atoms with E-state index < -0.39 is 16.1 Å². The third kappa shape index (κ3) is 5.15. The molecule has 1 heterocycles. The molecule has 0 unspecified atom stereocenters. The van der Waals surface area contributed by atoms with Gasteiger partial charge in [0, 0.05) is 19.2 Å². The van der Waals surface area contributed by atoms with Crippen LogP contribution in [0.15, 0.2) is 24.3 Å². The molecule has 0 radical (unpaired) electrons. The second-order valence-corrected chi connectivity index (χ2v) is 8.65. The Kier molecular flexibility index (Phi) is 7.29. The van der Waals surface area contributed by atoms with Crippen LogP contribution < -0.4 is 9.04 Å².